The largest absolute Gasteiger partial charge is 0.269 e. The highest BCUT2D eigenvalue weighted by molar-refractivity contribution is 9.09. The number of non-ortho nitro benzene ring substituents is 1. The van der Waals surface area contributed by atoms with Crippen LogP contribution in [0.15, 0.2) is 42.5 Å². The summed E-state index contributed by atoms with van der Waals surface area (Å²) in [6, 6.07) is 10.9. The standard InChI is InChI=1S/C14H10BrClFNO2/c15-12(10-3-6-13(16)14(17)8-10)7-9-1-4-11(5-2-9)18(19)20/h1-6,8,12H,7H2. The molecule has 1 atom stereocenters. The van der Waals surface area contributed by atoms with E-state index in [1.165, 1.54) is 24.3 Å². The van der Waals surface area contributed by atoms with Crippen LogP contribution in [0.1, 0.15) is 16.0 Å². The molecule has 0 heterocycles. The molecule has 0 aliphatic heterocycles. The average molecular weight is 359 g/mol. The lowest BCUT2D eigenvalue weighted by Gasteiger charge is -2.11. The Bertz CT molecular complexity index is 634. The monoisotopic (exact) mass is 357 g/mol. The van der Waals surface area contributed by atoms with Crippen LogP contribution in [0.4, 0.5) is 10.1 Å². The van der Waals surface area contributed by atoms with Gasteiger partial charge in [0.15, 0.2) is 0 Å². The highest BCUT2D eigenvalue weighted by Gasteiger charge is 2.12. The second-order valence-corrected chi connectivity index (χ2v) is 5.78. The van der Waals surface area contributed by atoms with Crippen LogP contribution < -0.4 is 0 Å². The van der Waals surface area contributed by atoms with Gasteiger partial charge in [0, 0.05) is 17.0 Å². The highest BCUT2D eigenvalue weighted by Crippen LogP contribution is 2.29. The smallest absolute Gasteiger partial charge is 0.258 e. The molecule has 3 nitrogen and oxygen atoms in total. The summed E-state index contributed by atoms with van der Waals surface area (Å²) in [5, 5.41) is 10.7. The summed E-state index contributed by atoms with van der Waals surface area (Å²) < 4.78 is 13.4. The molecule has 2 rings (SSSR count). The maximum atomic E-state index is 13.4. The number of alkyl halides is 1. The molecule has 104 valence electrons. The number of hydrogen-bond acceptors (Lipinski definition) is 2. The molecule has 0 saturated heterocycles. The van der Waals surface area contributed by atoms with Crippen LogP contribution in [0.3, 0.4) is 0 Å². The average Bonchev–Trinajstić information content (AvgIpc) is 2.42. The van der Waals surface area contributed by atoms with Gasteiger partial charge in [0.05, 0.1) is 9.95 Å². The summed E-state index contributed by atoms with van der Waals surface area (Å²) in [4.78, 5) is 10.0. The molecule has 0 aliphatic rings. The second kappa shape index (κ2) is 6.33. The quantitative estimate of drug-likeness (QED) is 0.435. The maximum absolute atomic E-state index is 13.4. The Morgan fingerprint density at radius 1 is 1.25 bits per heavy atom. The molecule has 0 aliphatic carbocycles. The summed E-state index contributed by atoms with van der Waals surface area (Å²) in [5.74, 6) is -0.461. The van der Waals surface area contributed by atoms with Crippen molar-refractivity contribution in [3.8, 4) is 0 Å². The van der Waals surface area contributed by atoms with Crippen molar-refractivity contribution in [1.82, 2.24) is 0 Å². The zero-order chi connectivity index (χ0) is 14.7. The zero-order valence-corrected chi connectivity index (χ0v) is 12.6. The topological polar surface area (TPSA) is 43.1 Å². The van der Waals surface area contributed by atoms with Gasteiger partial charge in [-0.1, -0.05) is 45.7 Å². The van der Waals surface area contributed by atoms with Crippen molar-refractivity contribution in [2.24, 2.45) is 0 Å². The maximum Gasteiger partial charge on any atom is 0.269 e. The Kier molecular flexibility index (Phi) is 4.73. The Morgan fingerprint density at radius 2 is 1.90 bits per heavy atom. The van der Waals surface area contributed by atoms with Crippen LogP contribution in [-0.4, -0.2) is 4.92 Å². The van der Waals surface area contributed by atoms with Gasteiger partial charge in [-0.3, -0.25) is 10.1 Å². The first-order chi connectivity index (χ1) is 9.47. The van der Waals surface area contributed by atoms with Crippen LogP contribution in [0.25, 0.3) is 0 Å². The van der Waals surface area contributed by atoms with Gasteiger partial charge >= 0.3 is 0 Å². The Labute approximate surface area is 128 Å². The van der Waals surface area contributed by atoms with Gasteiger partial charge in [-0.15, -0.1) is 0 Å². The van der Waals surface area contributed by atoms with Crippen LogP contribution in [0.5, 0.6) is 0 Å². The number of hydrogen-bond donors (Lipinski definition) is 0. The van der Waals surface area contributed by atoms with Gasteiger partial charge in [-0.25, -0.2) is 4.39 Å². The normalized spacial score (nSPS) is 12.2. The van der Waals surface area contributed by atoms with Gasteiger partial charge in [0.1, 0.15) is 5.82 Å². The minimum absolute atomic E-state index is 0.0532. The van der Waals surface area contributed by atoms with E-state index in [1.54, 1.807) is 18.2 Å². The van der Waals surface area contributed by atoms with E-state index in [1.807, 2.05) is 0 Å². The first kappa shape index (κ1) is 14.9. The molecule has 0 radical (unpaired) electrons. The molecule has 0 bridgehead atoms. The first-order valence-electron chi connectivity index (χ1n) is 5.79. The van der Waals surface area contributed by atoms with E-state index in [0.717, 1.165) is 11.1 Å². The number of halogens is 3. The van der Waals surface area contributed by atoms with Crippen molar-refractivity contribution in [2.45, 2.75) is 11.2 Å². The minimum atomic E-state index is -0.461. The third-order valence-corrected chi connectivity index (χ3v) is 4.03. The Hall–Kier alpha value is -1.46. The van der Waals surface area contributed by atoms with E-state index in [4.69, 9.17) is 11.6 Å². The fourth-order valence-electron chi connectivity index (χ4n) is 1.79. The Morgan fingerprint density at radius 3 is 2.45 bits per heavy atom. The lowest BCUT2D eigenvalue weighted by Crippen LogP contribution is -1.97. The Balaban J connectivity index is 2.12. The number of nitro groups is 1. The van der Waals surface area contributed by atoms with Crippen LogP contribution in [0.2, 0.25) is 5.02 Å². The van der Waals surface area contributed by atoms with Gasteiger partial charge in [0.2, 0.25) is 0 Å². The third kappa shape index (κ3) is 3.55. The van der Waals surface area contributed by atoms with E-state index in [9.17, 15) is 14.5 Å². The SMILES string of the molecule is O=[N+]([O-])c1ccc(CC(Br)c2ccc(Cl)c(F)c2)cc1. The molecule has 2 aromatic carbocycles. The van der Waals surface area contributed by atoms with Crippen LogP contribution in [0, 0.1) is 15.9 Å². The highest BCUT2D eigenvalue weighted by atomic mass is 79.9. The van der Waals surface area contributed by atoms with Gasteiger partial charge in [-0.05, 0) is 29.7 Å². The summed E-state index contributed by atoms with van der Waals surface area (Å²) in [7, 11) is 0. The number of nitro benzene ring substituents is 1. The molecule has 0 amide bonds. The molecule has 0 saturated carbocycles. The van der Waals surface area contributed by atoms with Crippen molar-refractivity contribution < 1.29 is 9.31 Å². The molecule has 0 spiro atoms. The minimum Gasteiger partial charge on any atom is -0.258 e. The van der Waals surface area contributed by atoms with E-state index >= 15 is 0 Å². The molecular weight excluding hydrogens is 349 g/mol. The van der Waals surface area contributed by atoms with Crippen molar-refractivity contribution in [1.29, 1.82) is 0 Å². The van der Waals surface area contributed by atoms with E-state index < -0.39 is 10.7 Å². The van der Waals surface area contributed by atoms with E-state index in [-0.39, 0.29) is 15.5 Å². The number of rotatable bonds is 4. The molecule has 20 heavy (non-hydrogen) atoms. The summed E-state index contributed by atoms with van der Waals surface area (Å²) in [5.41, 5.74) is 1.75. The van der Waals surface area contributed by atoms with Crippen LogP contribution >= 0.6 is 27.5 Å². The van der Waals surface area contributed by atoms with Gasteiger partial charge < -0.3 is 0 Å². The molecule has 6 heteroatoms. The lowest BCUT2D eigenvalue weighted by atomic mass is 10.0. The van der Waals surface area contributed by atoms with Crippen molar-refractivity contribution in [3.05, 3.63) is 74.5 Å². The zero-order valence-electron chi connectivity index (χ0n) is 10.2. The van der Waals surface area contributed by atoms with Crippen molar-refractivity contribution in [3.63, 3.8) is 0 Å². The summed E-state index contributed by atoms with van der Waals surface area (Å²) >= 11 is 9.12. The first-order valence-corrected chi connectivity index (χ1v) is 7.09. The fourth-order valence-corrected chi connectivity index (χ4v) is 2.56. The summed E-state index contributed by atoms with van der Waals surface area (Å²) in [6.45, 7) is 0. The van der Waals surface area contributed by atoms with E-state index in [2.05, 4.69) is 15.9 Å². The fraction of sp³-hybridized carbons (Fsp3) is 0.143. The number of nitrogens with zero attached hydrogens (tertiary/aromatic N) is 1. The van der Waals surface area contributed by atoms with Gasteiger partial charge in [0.25, 0.3) is 5.69 Å². The molecule has 2 aromatic rings. The van der Waals surface area contributed by atoms with Crippen molar-refractivity contribution >= 4 is 33.2 Å². The van der Waals surface area contributed by atoms with Crippen LogP contribution in [-0.2, 0) is 6.42 Å². The lowest BCUT2D eigenvalue weighted by molar-refractivity contribution is -0.384. The molecule has 1 unspecified atom stereocenters. The molecule has 0 aromatic heterocycles. The predicted octanol–water partition coefficient (Wildman–Crippen LogP) is 5.07. The summed E-state index contributed by atoms with van der Waals surface area (Å²) in [6.07, 6.45) is 0.596. The molecule has 0 fully saturated rings. The predicted molar refractivity (Wildman–Crippen MR) is 79.9 cm³/mol. The third-order valence-electron chi connectivity index (χ3n) is 2.87. The van der Waals surface area contributed by atoms with Gasteiger partial charge in [-0.2, -0.15) is 0 Å². The van der Waals surface area contributed by atoms with E-state index in [0.29, 0.717) is 6.42 Å². The number of benzene rings is 2. The molecule has 0 N–H and O–H groups in total. The molecular formula is C14H10BrClFNO2. The second-order valence-electron chi connectivity index (χ2n) is 4.27. The van der Waals surface area contributed by atoms with Crippen molar-refractivity contribution in [2.75, 3.05) is 0 Å².